The fraction of sp³-hybridized carbons (Fsp3) is 0.720. The van der Waals surface area contributed by atoms with E-state index in [4.69, 9.17) is 9.47 Å². The summed E-state index contributed by atoms with van der Waals surface area (Å²) in [6.07, 6.45) is 4.36. The maximum atomic E-state index is 5.78. The van der Waals surface area contributed by atoms with Crippen LogP contribution in [0.1, 0.15) is 52.0 Å². The van der Waals surface area contributed by atoms with Gasteiger partial charge in [0.05, 0.1) is 13.2 Å². The van der Waals surface area contributed by atoms with Gasteiger partial charge in [0.15, 0.2) is 5.96 Å². The number of guanidine groups is 1. The molecule has 2 saturated heterocycles. The molecule has 2 fully saturated rings. The highest BCUT2D eigenvalue weighted by molar-refractivity contribution is 5.79. The highest BCUT2D eigenvalue weighted by atomic mass is 16.5. The second-order valence-electron chi connectivity index (χ2n) is 9.86. The predicted molar refractivity (Wildman–Crippen MR) is 129 cm³/mol. The molecule has 0 saturated carbocycles. The van der Waals surface area contributed by atoms with Gasteiger partial charge in [-0.25, -0.2) is 0 Å². The monoisotopic (exact) mass is 430 g/mol. The normalized spacial score (nSPS) is 20.8. The highest BCUT2D eigenvalue weighted by Gasteiger charge is 2.21. The molecule has 0 spiro atoms. The van der Waals surface area contributed by atoms with E-state index in [1.807, 2.05) is 7.05 Å². The Balaban J connectivity index is 1.31. The third-order valence-corrected chi connectivity index (χ3v) is 6.29. The highest BCUT2D eigenvalue weighted by Crippen LogP contribution is 2.26. The van der Waals surface area contributed by atoms with Crippen LogP contribution in [0.5, 0.6) is 0 Å². The molecule has 0 amide bonds. The van der Waals surface area contributed by atoms with Crippen LogP contribution in [0.15, 0.2) is 29.3 Å². The van der Waals surface area contributed by atoms with E-state index in [9.17, 15) is 0 Å². The Hall–Kier alpha value is -1.79. The average Bonchev–Trinajstić information content (AvgIpc) is 3.29. The molecule has 3 rings (SSSR count). The molecule has 1 unspecified atom stereocenters. The van der Waals surface area contributed by atoms with Gasteiger partial charge in [-0.05, 0) is 48.8 Å². The maximum absolute atomic E-state index is 5.78. The van der Waals surface area contributed by atoms with E-state index >= 15 is 0 Å². The van der Waals surface area contributed by atoms with Crippen LogP contribution in [0.2, 0.25) is 0 Å². The molecule has 0 aliphatic carbocycles. The van der Waals surface area contributed by atoms with Crippen LogP contribution in [-0.4, -0.2) is 65.1 Å². The molecule has 0 radical (unpaired) electrons. The second kappa shape index (κ2) is 11.7. The van der Waals surface area contributed by atoms with Crippen molar-refractivity contribution in [2.24, 2.45) is 10.9 Å². The number of aliphatic imine (C=N–C) groups is 1. The number of ether oxygens (including phenoxy) is 2. The molecule has 0 aromatic heterocycles. The number of anilines is 1. The molecule has 31 heavy (non-hydrogen) atoms. The first-order valence-electron chi connectivity index (χ1n) is 11.9. The summed E-state index contributed by atoms with van der Waals surface area (Å²) in [5.74, 6) is 1.49. The van der Waals surface area contributed by atoms with Gasteiger partial charge in [0.2, 0.25) is 0 Å². The molecule has 1 atom stereocenters. The van der Waals surface area contributed by atoms with E-state index in [2.05, 4.69) is 65.6 Å². The Morgan fingerprint density at radius 3 is 2.52 bits per heavy atom. The summed E-state index contributed by atoms with van der Waals surface area (Å²) in [5, 5.41) is 7.03. The van der Waals surface area contributed by atoms with Crippen molar-refractivity contribution in [2.45, 2.75) is 57.9 Å². The Morgan fingerprint density at radius 2 is 1.90 bits per heavy atom. The van der Waals surface area contributed by atoms with Crippen molar-refractivity contribution in [2.75, 3.05) is 58.0 Å². The summed E-state index contributed by atoms with van der Waals surface area (Å²) in [4.78, 5) is 6.89. The molecule has 1 aromatic rings. The minimum atomic E-state index is 0.204. The molecule has 0 bridgehead atoms. The number of hydrogen-bond acceptors (Lipinski definition) is 4. The molecular weight excluding hydrogens is 388 g/mol. The van der Waals surface area contributed by atoms with Gasteiger partial charge in [-0.1, -0.05) is 32.9 Å². The van der Waals surface area contributed by atoms with Crippen LogP contribution >= 0.6 is 0 Å². The predicted octanol–water partition coefficient (Wildman–Crippen LogP) is 3.56. The van der Waals surface area contributed by atoms with Crippen molar-refractivity contribution in [3.63, 3.8) is 0 Å². The number of hydrogen-bond donors (Lipinski definition) is 2. The number of piperidine rings is 1. The van der Waals surface area contributed by atoms with Gasteiger partial charge in [-0.2, -0.15) is 0 Å². The van der Waals surface area contributed by atoms with Gasteiger partial charge in [0.25, 0.3) is 0 Å². The summed E-state index contributed by atoms with van der Waals surface area (Å²) in [7, 11) is 1.85. The fourth-order valence-electron chi connectivity index (χ4n) is 4.19. The first-order valence-corrected chi connectivity index (χ1v) is 11.9. The third-order valence-electron chi connectivity index (χ3n) is 6.29. The molecule has 2 aliphatic rings. The summed E-state index contributed by atoms with van der Waals surface area (Å²) >= 11 is 0. The van der Waals surface area contributed by atoms with Crippen molar-refractivity contribution in [3.05, 3.63) is 29.8 Å². The van der Waals surface area contributed by atoms with Gasteiger partial charge < -0.3 is 25.0 Å². The standard InChI is InChI=1S/C25H42N4O2/c1-25(2,3)21-6-8-23(9-7-21)29-14-10-22(11-15-29)28-24(26-4)27-13-5-16-30-18-20-12-17-31-19-20/h6-9,20,22H,5,10-19H2,1-4H3,(H2,26,27,28). The van der Waals surface area contributed by atoms with Crippen LogP contribution in [0.4, 0.5) is 5.69 Å². The molecular formula is C25H42N4O2. The number of nitrogens with one attached hydrogen (secondary N) is 2. The van der Waals surface area contributed by atoms with Crippen molar-refractivity contribution >= 4 is 11.6 Å². The lowest BCUT2D eigenvalue weighted by Gasteiger charge is -2.35. The minimum Gasteiger partial charge on any atom is -0.381 e. The Kier molecular flexibility index (Phi) is 9.02. The Morgan fingerprint density at radius 1 is 1.16 bits per heavy atom. The van der Waals surface area contributed by atoms with E-state index in [-0.39, 0.29) is 5.41 Å². The second-order valence-corrected chi connectivity index (χ2v) is 9.86. The first-order chi connectivity index (χ1) is 15.0. The van der Waals surface area contributed by atoms with Crippen LogP contribution < -0.4 is 15.5 Å². The van der Waals surface area contributed by atoms with Gasteiger partial charge in [0, 0.05) is 57.5 Å². The van der Waals surface area contributed by atoms with Crippen LogP contribution in [0, 0.1) is 5.92 Å². The van der Waals surface area contributed by atoms with E-state index in [0.717, 1.165) is 77.7 Å². The molecule has 6 nitrogen and oxygen atoms in total. The SMILES string of the molecule is CN=C(NCCCOCC1CCOC1)NC1CCN(c2ccc(C(C)(C)C)cc2)CC1. The zero-order chi connectivity index (χ0) is 22.1. The summed E-state index contributed by atoms with van der Waals surface area (Å²) in [6, 6.07) is 9.57. The molecule has 2 N–H and O–H groups in total. The Bertz CT molecular complexity index is 670. The molecule has 1 aromatic carbocycles. The smallest absolute Gasteiger partial charge is 0.191 e. The topological polar surface area (TPSA) is 58.1 Å². The maximum Gasteiger partial charge on any atom is 0.191 e. The van der Waals surface area contributed by atoms with Gasteiger partial charge >= 0.3 is 0 Å². The van der Waals surface area contributed by atoms with E-state index in [1.54, 1.807) is 0 Å². The summed E-state index contributed by atoms with van der Waals surface area (Å²) < 4.78 is 11.2. The van der Waals surface area contributed by atoms with Gasteiger partial charge in [0.1, 0.15) is 0 Å². The first kappa shape index (κ1) is 23.9. The van der Waals surface area contributed by atoms with E-state index in [0.29, 0.717) is 12.0 Å². The lowest BCUT2D eigenvalue weighted by molar-refractivity contribution is 0.0888. The Labute approximate surface area is 188 Å². The average molecular weight is 431 g/mol. The lowest BCUT2D eigenvalue weighted by atomic mass is 9.87. The zero-order valence-electron chi connectivity index (χ0n) is 20.0. The lowest BCUT2D eigenvalue weighted by Crippen LogP contribution is -2.49. The summed E-state index contributed by atoms with van der Waals surface area (Å²) in [6.45, 7) is 13.2. The number of nitrogens with zero attached hydrogens (tertiary/aromatic N) is 2. The fourth-order valence-corrected chi connectivity index (χ4v) is 4.19. The third kappa shape index (κ3) is 7.69. The van der Waals surface area contributed by atoms with Crippen LogP contribution in [0.25, 0.3) is 0 Å². The van der Waals surface area contributed by atoms with Gasteiger partial charge in [-0.15, -0.1) is 0 Å². The largest absolute Gasteiger partial charge is 0.381 e. The van der Waals surface area contributed by atoms with Crippen LogP contribution in [0.3, 0.4) is 0 Å². The van der Waals surface area contributed by atoms with Crippen LogP contribution in [-0.2, 0) is 14.9 Å². The zero-order valence-corrected chi connectivity index (χ0v) is 20.0. The van der Waals surface area contributed by atoms with Crippen molar-refractivity contribution in [3.8, 4) is 0 Å². The number of benzene rings is 1. The van der Waals surface area contributed by atoms with Crippen molar-refractivity contribution in [1.29, 1.82) is 0 Å². The van der Waals surface area contributed by atoms with E-state index in [1.165, 1.54) is 11.3 Å². The molecule has 2 heterocycles. The van der Waals surface area contributed by atoms with Crippen molar-refractivity contribution in [1.82, 2.24) is 10.6 Å². The van der Waals surface area contributed by atoms with Crippen molar-refractivity contribution < 1.29 is 9.47 Å². The summed E-state index contributed by atoms with van der Waals surface area (Å²) in [5.41, 5.74) is 2.92. The minimum absolute atomic E-state index is 0.204. The van der Waals surface area contributed by atoms with Gasteiger partial charge in [-0.3, -0.25) is 4.99 Å². The quantitative estimate of drug-likeness (QED) is 0.375. The number of rotatable bonds is 8. The molecule has 174 valence electrons. The molecule has 6 heteroatoms. The molecule has 2 aliphatic heterocycles. The van der Waals surface area contributed by atoms with E-state index < -0.39 is 0 Å².